The minimum atomic E-state index is 0.790. The fraction of sp³-hybridized carbons (Fsp3) is 0.700. The highest BCUT2D eigenvalue weighted by molar-refractivity contribution is 7.98. The Morgan fingerprint density at radius 3 is 3.14 bits per heavy atom. The molecule has 80 valence electrons. The molecule has 14 heavy (non-hydrogen) atoms. The molecule has 1 aromatic rings. The molecule has 0 fully saturated rings. The van der Waals surface area contributed by atoms with E-state index in [1.807, 2.05) is 22.6 Å². The molecular weight excluding hydrogens is 196 g/mol. The molecule has 0 radical (unpaired) electrons. The normalized spacial score (nSPS) is 10.4. The lowest BCUT2D eigenvalue weighted by atomic mass is 10.5. The van der Waals surface area contributed by atoms with Gasteiger partial charge in [0.2, 0.25) is 0 Å². The Labute approximate surface area is 89.8 Å². The third kappa shape index (κ3) is 4.05. The van der Waals surface area contributed by atoms with Crippen LogP contribution in [-0.4, -0.2) is 28.4 Å². The van der Waals surface area contributed by atoms with E-state index in [1.54, 1.807) is 6.20 Å². The molecule has 4 heteroatoms. The van der Waals surface area contributed by atoms with E-state index in [2.05, 4.69) is 18.3 Å². The molecule has 0 aliphatic rings. The summed E-state index contributed by atoms with van der Waals surface area (Å²) >= 11 is 1.85. The van der Waals surface area contributed by atoms with Crippen molar-refractivity contribution in [1.29, 1.82) is 0 Å². The van der Waals surface area contributed by atoms with Crippen LogP contribution in [0.4, 0.5) is 0 Å². The number of nitrogens with zero attached hydrogens (tertiary/aromatic N) is 2. The van der Waals surface area contributed by atoms with Gasteiger partial charge in [0.1, 0.15) is 0 Å². The number of rotatable bonds is 7. The molecule has 0 saturated carbocycles. The van der Waals surface area contributed by atoms with E-state index in [0.29, 0.717) is 0 Å². The van der Waals surface area contributed by atoms with Gasteiger partial charge in [0.15, 0.2) is 5.75 Å². The first-order valence-corrected chi connectivity index (χ1v) is 6.40. The van der Waals surface area contributed by atoms with Crippen LogP contribution in [0, 0.1) is 0 Å². The van der Waals surface area contributed by atoms with Crippen molar-refractivity contribution in [2.24, 2.45) is 0 Å². The maximum atomic E-state index is 5.54. The van der Waals surface area contributed by atoms with Gasteiger partial charge in [0.25, 0.3) is 0 Å². The predicted molar refractivity (Wildman–Crippen MR) is 61.0 cm³/mol. The Kier molecular flexibility index (Phi) is 5.52. The summed E-state index contributed by atoms with van der Waals surface area (Å²) in [5.74, 6) is 2.04. The Hall–Kier alpha value is -0.640. The summed E-state index contributed by atoms with van der Waals surface area (Å²) < 4.78 is 7.46. The molecule has 0 unspecified atom stereocenters. The number of thioether (sulfide) groups is 1. The number of aromatic nitrogens is 2. The summed E-state index contributed by atoms with van der Waals surface area (Å²) in [6, 6.07) is 0. The topological polar surface area (TPSA) is 27.1 Å². The van der Waals surface area contributed by atoms with E-state index in [0.717, 1.165) is 37.5 Å². The molecule has 0 aliphatic heterocycles. The first-order valence-electron chi connectivity index (χ1n) is 5.01. The zero-order chi connectivity index (χ0) is 10.2. The fourth-order valence-corrected chi connectivity index (χ4v) is 1.57. The van der Waals surface area contributed by atoms with Gasteiger partial charge in [-0.1, -0.05) is 6.92 Å². The van der Waals surface area contributed by atoms with Crippen LogP contribution in [0.15, 0.2) is 12.4 Å². The molecule has 0 spiro atoms. The van der Waals surface area contributed by atoms with Crippen molar-refractivity contribution in [3.8, 4) is 5.75 Å². The number of hydrogen-bond donors (Lipinski definition) is 0. The van der Waals surface area contributed by atoms with Crippen molar-refractivity contribution in [1.82, 2.24) is 9.78 Å². The maximum Gasteiger partial charge on any atom is 0.157 e. The highest BCUT2D eigenvalue weighted by atomic mass is 32.2. The van der Waals surface area contributed by atoms with Crippen molar-refractivity contribution in [3.05, 3.63) is 12.4 Å². The zero-order valence-electron chi connectivity index (χ0n) is 8.90. The highest BCUT2D eigenvalue weighted by Crippen LogP contribution is 2.09. The van der Waals surface area contributed by atoms with Gasteiger partial charge in [-0.15, -0.1) is 0 Å². The molecule has 0 saturated heterocycles. The lowest BCUT2D eigenvalue weighted by Crippen LogP contribution is -1.98. The average molecular weight is 214 g/mol. The molecular formula is C10H18N2OS. The SMILES string of the molecule is CCCn1cc(OCCCSC)cn1. The average Bonchev–Trinajstić information content (AvgIpc) is 2.61. The summed E-state index contributed by atoms with van der Waals surface area (Å²) in [5.41, 5.74) is 0. The van der Waals surface area contributed by atoms with Crippen molar-refractivity contribution >= 4 is 11.8 Å². The van der Waals surface area contributed by atoms with Gasteiger partial charge in [0, 0.05) is 6.54 Å². The van der Waals surface area contributed by atoms with E-state index in [4.69, 9.17) is 4.74 Å². The largest absolute Gasteiger partial charge is 0.490 e. The van der Waals surface area contributed by atoms with Crippen LogP contribution in [0.25, 0.3) is 0 Å². The van der Waals surface area contributed by atoms with E-state index in [-0.39, 0.29) is 0 Å². The lowest BCUT2D eigenvalue weighted by Gasteiger charge is -2.01. The maximum absolute atomic E-state index is 5.54. The highest BCUT2D eigenvalue weighted by Gasteiger charge is 1.97. The monoisotopic (exact) mass is 214 g/mol. The molecule has 0 bridgehead atoms. The molecule has 3 nitrogen and oxygen atoms in total. The Bertz CT molecular complexity index is 250. The van der Waals surface area contributed by atoms with Crippen LogP contribution in [0.1, 0.15) is 19.8 Å². The van der Waals surface area contributed by atoms with Crippen molar-refractivity contribution < 1.29 is 4.74 Å². The van der Waals surface area contributed by atoms with E-state index < -0.39 is 0 Å². The van der Waals surface area contributed by atoms with Gasteiger partial charge < -0.3 is 4.74 Å². The summed E-state index contributed by atoms with van der Waals surface area (Å²) in [6.07, 6.45) is 8.06. The molecule has 1 aromatic heterocycles. The van der Waals surface area contributed by atoms with E-state index in [9.17, 15) is 0 Å². The molecule has 0 atom stereocenters. The van der Waals surface area contributed by atoms with Gasteiger partial charge in [-0.25, -0.2) is 0 Å². The van der Waals surface area contributed by atoms with Crippen molar-refractivity contribution in [2.75, 3.05) is 18.6 Å². The Morgan fingerprint density at radius 2 is 2.43 bits per heavy atom. The van der Waals surface area contributed by atoms with Crippen LogP contribution in [0.2, 0.25) is 0 Å². The van der Waals surface area contributed by atoms with Crippen molar-refractivity contribution in [3.63, 3.8) is 0 Å². The smallest absolute Gasteiger partial charge is 0.157 e. The standard InChI is InChI=1S/C10H18N2OS/c1-3-5-12-9-10(8-11-12)13-6-4-7-14-2/h8-9H,3-7H2,1-2H3. The second-order valence-electron chi connectivity index (χ2n) is 3.13. The number of ether oxygens (including phenoxy) is 1. The van der Waals surface area contributed by atoms with Crippen LogP contribution >= 0.6 is 11.8 Å². The minimum Gasteiger partial charge on any atom is -0.490 e. The Morgan fingerprint density at radius 1 is 1.57 bits per heavy atom. The molecule has 0 aliphatic carbocycles. The van der Waals surface area contributed by atoms with Crippen LogP contribution in [-0.2, 0) is 6.54 Å². The third-order valence-electron chi connectivity index (χ3n) is 1.82. The second-order valence-corrected chi connectivity index (χ2v) is 4.12. The van der Waals surface area contributed by atoms with Crippen molar-refractivity contribution in [2.45, 2.75) is 26.3 Å². The molecule has 1 rings (SSSR count). The van der Waals surface area contributed by atoms with Gasteiger partial charge in [0.05, 0.1) is 19.0 Å². The summed E-state index contributed by atoms with van der Waals surface area (Å²) in [7, 11) is 0. The number of hydrogen-bond acceptors (Lipinski definition) is 3. The zero-order valence-corrected chi connectivity index (χ0v) is 9.72. The molecule has 0 aromatic carbocycles. The van der Waals surface area contributed by atoms with Gasteiger partial charge in [-0.05, 0) is 24.9 Å². The quantitative estimate of drug-likeness (QED) is 0.652. The van der Waals surface area contributed by atoms with Crippen LogP contribution < -0.4 is 4.74 Å². The fourth-order valence-electron chi connectivity index (χ4n) is 1.16. The van der Waals surface area contributed by atoms with Gasteiger partial charge in [-0.2, -0.15) is 16.9 Å². The molecule has 1 heterocycles. The van der Waals surface area contributed by atoms with E-state index >= 15 is 0 Å². The summed E-state index contributed by atoms with van der Waals surface area (Å²) in [4.78, 5) is 0. The minimum absolute atomic E-state index is 0.790. The lowest BCUT2D eigenvalue weighted by molar-refractivity contribution is 0.318. The molecule has 0 amide bonds. The molecule has 0 N–H and O–H groups in total. The second kappa shape index (κ2) is 6.76. The third-order valence-corrected chi connectivity index (χ3v) is 2.52. The van der Waals surface area contributed by atoms with E-state index in [1.165, 1.54) is 0 Å². The van der Waals surface area contributed by atoms with Gasteiger partial charge >= 0.3 is 0 Å². The first kappa shape index (κ1) is 11.4. The first-order chi connectivity index (χ1) is 6.86. The predicted octanol–water partition coefficient (Wildman–Crippen LogP) is 2.43. The van der Waals surface area contributed by atoms with Crippen LogP contribution in [0.3, 0.4) is 0 Å². The van der Waals surface area contributed by atoms with Gasteiger partial charge in [-0.3, -0.25) is 4.68 Å². The summed E-state index contributed by atoms with van der Waals surface area (Å²) in [5, 5.41) is 4.19. The summed E-state index contributed by atoms with van der Waals surface area (Å²) in [6.45, 7) is 3.90. The number of aryl methyl sites for hydroxylation is 1. The Balaban J connectivity index is 2.22. The van der Waals surface area contributed by atoms with Crippen LogP contribution in [0.5, 0.6) is 5.75 Å².